The predicted octanol–water partition coefficient (Wildman–Crippen LogP) is 1.64. The maximum absolute atomic E-state index is 12.2. The summed E-state index contributed by atoms with van der Waals surface area (Å²) in [6.45, 7) is 4.46. The summed E-state index contributed by atoms with van der Waals surface area (Å²) in [5.74, 6) is -0.937. The minimum atomic E-state index is -0.837. The number of aliphatic carboxylic acids is 1. The van der Waals surface area contributed by atoms with Crippen LogP contribution in [0.4, 0.5) is 0 Å². The van der Waals surface area contributed by atoms with Crippen LogP contribution in [0.3, 0.4) is 0 Å². The number of hydrogen-bond acceptors (Lipinski definition) is 4. The number of carboxylic acid groups (broad SMARTS) is 1. The van der Waals surface area contributed by atoms with Crippen molar-refractivity contribution in [2.24, 2.45) is 5.41 Å². The molecule has 18 heavy (non-hydrogen) atoms. The lowest BCUT2D eigenvalue weighted by Crippen LogP contribution is -2.34. The van der Waals surface area contributed by atoms with E-state index < -0.39 is 11.4 Å². The van der Waals surface area contributed by atoms with E-state index in [9.17, 15) is 9.59 Å². The third-order valence-electron chi connectivity index (χ3n) is 3.34. The highest BCUT2D eigenvalue weighted by Crippen LogP contribution is 2.31. The van der Waals surface area contributed by atoms with Crippen LogP contribution in [0.1, 0.15) is 34.9 Å². The highest BCUT2D eigenvalue weighted by atomic mass is 32.1. The van der Waals surface area contributed by atoms with E-state index in [0.717, 1.165) is 11.4 Å². The first-order valence-corrected chi connectivity index (χ1v) is 6.75. The van der Waals surface area contributed by atoms with Crippen LogP contribution in [-0.2, 0) is 11.2 Å². The van der Waals surface area contributed by atoms with Crippen molar-refractivity contribution in [2.75, 3.05) is 13.1 Å². The van der Waals surface area contributed by atoms with Gasteiger partial charge in [-0.15, -0.1) is 11.3 Å². The Balaban J connectivity index is 2.10. The molecule has 1 N–H and O–H groups in total. The first-order chi connectivity index (χ1) is 8.46. The summed E-state index contributed by atoms with van der Waals surface area (Å²) in [6.07, 6.45) is 2.90. The van der Waals surface area contributed by atoms with Crippen LogP contribution in [0.5, 0.6) is 0 Å². The van der Waals surface area contributed by atoms with Crippen molar-refractivity contribution in [3.8, 4) is 0 Å². The van der Waals surface area contributed by atoms with Gasteiger partial charge in [-0.3, -0.25) is 9.59 Å². The highest BCUT2D eigenvalue weighted by Gasteiger charge is 2.42. The van der Waals surface area contributed by atoms with Crippen LogP contribution in [0, 0.1) is 5.41 Å². The Bertz CT molecular complexity index is 485. The first-order valence-electron chi connectivity index (χ1n) is 5.93. The maximum Gasteiger partial charge on any atom is 0.311 e. The van der Waals surface area contributed by atoms with E-state index in [1.807, 2.05) is 6.92 Å². The monoisotopic (exact) mass is 268 g/mol. The van der Waals surface area contributed by atoms with Gasteiger partial charge in [0.2, 0.25) is 0 Å². The Hall–Kier alpha value is -1.43. The second-order valence-corrected chi connectivity index (χ2v) is 5.93. The molecule has 1 saturated heterocycles. The Morgan fingerprint density at radius 3 is 2.83 bits per heavy atom. The van der Waals surface area contributed by atoms with Crippen molar-refractivity contribution in [1.29, 1.82) is 0 Å². The molecule has 0 unspecified atom stereocenters. The number of carboxylic acids is 1. The van der Waals surface area contributed by atoms with Crippen LogP contribution in [-0.4, -0.2) is 40.0 Å². The number of aryl methyl sites for hydroxylation is 1. The van der Waals surface area contributed by atoms with Gasteiger partial charge in [0.05, 0.1) is 16.6 Å². The molecule has 2 rings (SSSR count). The van der Waals surface area contributed by atoms with Gasteiger partial charge in [0.15, 0.2) is 0 Å². The zero-order valence-corrected chi connectivity index (χ0v) is 11.3. The summed E-state index contributed by atoms with van der Waals surface area (Å²) in [5.41, 5.74) is -0.812. The van der Waals surface area contributed by atoms with Gasteiger partial charge < -0.3 is 10.0 Å². The Morgan fingerprint density at radius 1 is 1.61 bits per heavy atom. The lowest BCUT2D eigenvalue weighted by Gasteiger charge is -2.19. The molecule has 1 aliphatic rings. The van der Waals surface area contributed by atoms with E-state index in [4.69, 9.17) is 5.11 Å². The SMILES string of the molecule is CCc1ncc(C(=O)N2CC[C@@](C)(C(=O)O)C2)s1. The molecular formula is C12H16N2O3S. The molecule has 0 radical (unpaired) electrons. The van der Waals surface area contributed by atoms with Gasteiger partial charge in [0.1, 0.15) is 4.88 Å². The standard InChI is InChI=1S/C12H16N2O3S/c1-3-9-13-6-8(18-9)10(15)14-5-4-12(2,7-14)11(16)17/h6H,3-5,7H2,1-2H3,(H,16,17)/t12-/m1/s1. The summed E-state index contributed by atoms with van der Waals surface area (Å²) >= 11 is 1.39. The van der Waals surface area contributed by atoms with E-state index >= 15 is 0 Å². The fourth-order valence-corrected chi connectivity index (χ4v) is 2.86. The van der Waals surface area contributed by atoms with Crippen LogP contribution in [0.25, 0.3) is 0 Å². The Labute approximate surface area is 109 Å². The largest absolute Gasteiger partial charge is 0.481 e. The molecule has 1 atom stereocenters. The minimum Gasteiger partial charge on any atom is -0.481 e. The van der Waals surface area contributed by atoms with Crippen molar-refractivity contribution in [3.63, 3.8) is 0 Å². The highest BCUT2D eigenvalue weighted by molar-refractivity contribution is 7.13. The fourth-order valence-electron chi connectivity index (χ4n) is 2.04. The number of nitrogens with zero attached hydrogens (tertiary/aromatic N) is 2. The molecule has 6 heteroatoms. The zero-order chi connectivity index (χ0) is 13.3. The zero-order valence-electron chi connectivity index (χ0n) is 10.5. The van der Waals surface area contributed by atoms with Gasteiger partial charge >= 0.3 is 5.97 Å². The lowest BCUT2D eigenvalue weighted by atomic mass is 9.90. The number of thiazole rings is 1. The summed E-state index contributed by atoms with van der Waals surface area (Å²) in [6, 6.07) is 0. The molecule has 0 saturated carbocycles. The van der Waals surface area contributed by atoms with E-state index in [2.05, 4.69) is 4.98 Å². The smallest absolute Gasteiger partial charge is 0.311 e. The number of hydrogen-bond donors (Lipinski definition) is 1. The third kappa shape index (κ3) is 2.25. The molecule has 0 aliphatic carbocycles. The second kappa shape index (κ2) is 4.68. The molecule has 0 aromatic carbocycles. The van der Waals surface area contributed by atoms with Crippen LogP contribution >= 0.6 is 11.3 Å². The van der Waals surface area contributed by atoms with Gasteiger partial charge in [-0.25, -0.2) is 4.98 Å². The summed E-state index contributed by atoms with van der Waals surface area (Å²) < 4.78 is 0. The molecule has 1 aromatic heterocycles. The average molecular weight is 268 g/mol. The van der Waals surface area contributed by atoms with Gasteiger partial charge in [0.25, 0.3) is 5.91 Å². The van der Waals surface area contributed by atoms with Crippen LogP contribution in [0.15, 0.2) is 6.20 Å². The number of amides is 1. The third-order valence-corrected chi connectivity index (χ3v) is 4.47. The second-order valence-electron chi connectivity index (χ2n) is 4.81. The fraction of sp³-hybridized carbons (Fsp3) is 0.583. The number of rotatable bonds is 3. The number of likely N-dealkylation sites (tertiary alicyclic amines) is 1. The minimum absolute atomic E-state index is 0.0998. The Morgan fingerprint density at radius 2 is 2.33 bits per heavy atom. The van der Waals surface area contributed by atoms with Crippen molar-refractivity contribution in [2.45, 2.75) is 26.7 Å². The molecule has 1 aromatic rings. The normalized spacial score (nSPS) is 23.3. The molecular weight excluding hydrogens is 252 g/mol. The molecule has 1 aliphatic heterocycles. The van der Waals surface area contributed by atoms with Crippen molar-refractivity contribution < 1.29 is 14.7 Å². The quantitative estimate of drug-likeness (QED) is 0.904. The van der Waals surface area contributed by atoms with Gasteiger partial charge in [0, 0.05) is 13.1 Å². The molecule has 0 spiro atoms. The van der Waals surface area contributed by atoms with Gasteiger partial charge in [-0.2, -0.15) is 0 Å². The molecule has 98 valence electrons. The van der Waals surface area contributed by atoms with Crippen LogP contribution in [0.2, 0.25) is 0 Å². The topological polar surface area (TPSA) is 70.5 Å². The summed E-state index contributed by atoms with van der Waals surface area (Å²) in [4.78, 5) is 29.7. The first kappa shape index (κ1) is 13.0. The van der Waals surface area contributed by atoms with Crippen molar-refractivity contribution in [3.05, 3.63) is 16.1 Å². The van der Waals surface area contributed by atoms with E-state index in [1.54, 1.807) is 18.0 Å². The average Bonchev–Trinajstić information content (AvgIpc) is 2.95. The molecule has 1 amide bonds. The van der Waals surface area contributed by atoms with E-state index in [-0.39, 0.29) is 12.5 Å². The molecule has 5 nitrogen and oxygen atoms in total. The summed E-state index contributed by atoms with van der Waals surface area (Å²) in [5, 5.41) is 10.1. The van der Waals surface area contributed by atoms with Gasteiger partial charge in [-0.1, -0.05) is 6.92 Å². The van der Waals surface area contributed by atoms with Crippen molar-refractivity contribution in [1.82, 2.24) is 9.88 Å². The Kier molecular flexibility index (Phi) is 3.38. The predicted molar refractivity (Wildman–Crippen MR) is 67.8 cm³/mol. The van der Waals surface area contributed by atoms with Crippen molar-refractivity contribution >= 4 is 23.2 Å². The van der Waals surface area contributed by atoms with E-state index in [0.29, 0.717) is 17.8 Å². The molecule has 1 fully saturated rings. The molecule has 0 bridgehead atoms. The van der Waals surface area contributed by atoms with E-state index in [1.165, 1.54) is 11.3 Å². The number of carbonyl (C=O) groups is 2. The van der Waals surface area contributed by atoms with Crippen LogP contribution < -0.4 is 0 Å². The number of carbonyl (C=O) groups excluding carboxylic acids is 1. The lowest BCUT2D eigenvalue weighted by molar-refractivity contribution is -0.147. The number of aromatic nitrogens is 1. The summed E-state index contributed by atoms with van der Waals surface area (Å²) in [7, 11) is 0. The maximum atomic E-state index is 12.2. The molecule has 2 heterocycles. The van der Waals surface area contributed by atoms with Gasteiger partial charge in [-0.05, 0) is 19.8 Å².